The Labute approximate surface area is 68.1 Å². The maximum Gasteiger partial charge on any atom is 0.484 e. The highest BCUT2D eigenvalue weighted by Gasteiger charge is 2.23. The van der Waals surface area contributed by atoms with Crippen LogP contribution in [0.3, 0.4) is 0 Å². The summed E-state index contributed by atoms with van der Waals surface area (Å²) >= 11 is 0. The van der Waals surface area contributed by atoms with Gasteiger partial charge in [-0.3, -0.25) is 0 Å². The molecule has 2 nitrogen and oxygen atoms in total. The lowest BCUT2D eigenvalue weighted by Gasteiger charge is -2.23. The molecular formula is C8H15BO2. The molecule has 0 fully saturated rings. The van der Waals surface area contributed by atoms with E-state index in [-0.39, 0.29) is 0 Å². The zero-order valence-electron chi connectivity index (χ0n) is 7.17. The first-order valence-electron chi connectivity index (χ1n) is 4.18. The predicted octanol–water partition coefficient (Wildman–Crippen LogP) is 1.13. The molecule has 3 heteroatoms. The second kappa shape index (κ2) is 3.41. The van der Waals surface area contributed by atoms with Crippen LogP contribution in [0.4, 0.5) is 0 Å². The molecule has 0 saturated carbocycles. The maximum absolute atomic E-state index is 8.96. The summed E-state index contributed by atoms with van der Waals surface area (Å²) in [5, 5.41) is 17.9. The van der Waals surface area contributed by atoms with Crippen LogP contribution in [0.5, 0.6) is 0 Å². The molecule has 0 radical (unpaired) electrons. The molecule has 0 aliphatic heterocycles. The summed E-state index contributed by atoms with van der Waals surface area (Å²) in [5.74, 6) is 0.528. The zero-order chi connectivity index (χ0) is 8.43. The van der Waals surface area contributed by atoms with E-state index in [0.717, 1.165) is 18.3 Å². The molecule has 0 bridgehead atoms. The smallest absolute Gasteiger partial charge is 0.423 e. The fourth-order valence-electron chi connectivity index (χ4n) is 1.66. The molecule has 0 saturated heterocycles. The second-order valence-electron chi connectivity index (χ2n) is 3.38. The molecule has 0 spiro atoms. The van der Waals surface area contributed by atoms with Gasteiger partial charge in [0.2, 0.25) is 0 Å². The summed E-state index contributed by atoms with van der Waals surface area (Å²) in [6, 6.07) is 0. The third-order valence-corrected chi connectivity index (χ3v) is 2.64. The molecule has 0 aromatic rings. The van der Waals surface area contributed by atoms with Gasteiger partial charge in [0.1, 0.15) is 0 Å². The Morgan fingerprint density at radius 2 is 2.09 bits per heavy atom. The van der Waals surface area contributed by atoms with E-state index in [1.807, 2.05) is 6.92 Å². The quantitative estimate of drug-likeness (QED) is 0.556. The summed E-state index contributed by atoms with van der Waals surface area (Å²) < 4.78 is 0. The van der Waals surface area contributed by atoms with Crippen molar-refractivity contribution >= 4 is 7.12 Å². The molecule has 11 heavy (non-hydrogen) atoms. The average Bonchev–Trinajstić information content (AvgIpc) is 1.94. The van der Waals surface area contributed by atoms with Crippen LogP contribution in [-0.2, 0) is 0 Å². The Morgan fingerprint density at radius 3 is 2.55 bits per heavy atom. The Morgan fingerprint density at radius 1 is 1.45 bits per heavy atom. The van der Waals surface area contributed by atoms with Gasteiger partial charge in [0.05, 0.1) is 0 Å². The minimum absolute atomic E-state index is 0.528. The van der Waals surface area contributed by atoms with Crippen molar-refractivity contribution in [3.8, 4) is 0 Å². The van der Waals surface area contributed by atoms with Crippen LogP contribution in [0, 0.1) is 5.92 Å². The topological polar surface area (TPSA) is 40.5 Å². The van der Waals surface area contributed by atoms with Crippen LogP contribution in [-0.4, -0.2) is 17.2 Å². The Bertz CT molecular complexity index is 175. The lowest BCUT2D eigenvalue weighted by Crippen LogP contribution is -2.21. The van der Waals surface area contributed by atoms with Gasteiger partial charge in [-0.1, -0.05) is 12.5 Å². The first kappa shape index (κ1) is 8.82. The summed E-state index contributed by atoms with van der Waals surface area (Å²) in [7, 11) is -1.22. The van der Waals surface area contributed by atoms with Gasteiger partial charge in [0.25, 0.3) is 0 Å². The largest absolute Gasteiger partial charge is 0.484 e. The van der Waals surface area contributed by atoms with E-state index < -0.39 is 7.12 Å². The summed E-state index contributed by atoms with van der Waals surface area (Å²) in [6.45, 7) is 4.13. The Kier molecular flexibility index (Phi) is 2.74. The van der Waals surface area contributed by atoms with Gasteiger partial charge in [-0.25, -0.2) is 0 Å². The van der Waals surface area contributed by atoms with Crippen molar-refractivity contribution < 1.29 is 10.0 Å². The number of hydrogen-bond donors (Lipinski definition) is 2. The van der Waals surface area contributed by atoms with Crippen molar-refractivity contribution in [2.24, 2.45) is 5.92 Å². The van der Waals surface area contributed by atoms with Crippen LogP contribution in [0.25, 0.3) is 0 Å². The number of hydrogen-bond acceptors (Lipinski definition) is 2. The van der Waals surface area contributed by atoms with Crippen molar-refractivity contribution in [2.45, 2.75) is 33.1 Å². The summed E-state index contributed by atoms with van der Waals surface area (Å²) in [5.41, 5.74) is 2.01. The molecular weight excluding hydrogens is 139 g/mol. The van der Waals surface area contributed by atoms with E-state index >= 15 is 0 Å². The fraction of sp³-hybridized carbons (Fsp3) is 0.750. The van der Waals surface area contributed by atoms with E-state index in [9.17, 15) is 0 Å². The second-order valence-corrected chi connectivity index (χ2v) is 3.38. The first-order valence-corrected chi connectivity index (χ1v) is 4.18. The normalized spacial score (nSPS) is 25.6. The molecule has 1 unspecified atom stereocenters. The molecule has 1 atom stereocenters. The van der Waals surface area contributed by atoms with E-state index in [4.69, 9.17) is 10.0 Å². The van der Waals surface area contributed by atoms with Crippen molar-refractivity contribution in [1.29, 1.82) is 0 Å². The summed E-state index contributed by atoms with van der Waals surface area (Å²) in [4.78, 5) is 0. The molecule has 1 aliphatic rings. The predicted molar refractivity (Wildman–Crippen MR) is 45.9 cm³/mol. The molecule has 1 aliphatic carbocycles. The van der Waals surface area contributed by atoms with Crippen LogP contribution in [0.2, 0.25) is 0 Å². The van der Waals surface area contributed by atoms with Crippen LogP contribution in [0.1, 0.15) is 33.1 Å². The van der Waals surface area contributed by atoms with Crippen LogP contribution in [0.15, 0.2) is 11.0 Å². The van der Waals surface area contributed by atoms with E-state index in [1.54, 1.807) is 0 Å². The van der Waals surface area contributed by atoms with Gasteiger partial charge in [-0.2, -0.15) is 0 Å². The molecule has 62 valence electrons. The lowest BCUT2D eigenvalue weighted by molar-refractivity contribution is 0.407. The zero-order valence-corrected chi connectivity index (χ0v) is 7.17. The molecule has 0 amide bonds. The first-order chi connectivity index (χ1) is 5.13. The highest BCUT2D eigenvalue weighted by atomic mass is 16.4. The van der Waals surface area contributed by atoms with Gasteiger partial charge < -0.3 is 10.0 Å². The SMILES string of the molecule is CC1=C(B(O)O)CCCC1C. The maximum atomic E-state index is 8.96. The highest BCUT2D eigenvalue weighted by Crippen LogP contribution is 2.29. The van der Waals surface area contributed by atoms with E-state index in [2.05, 4.69) is 6.92 Å². The standard InChI is InChI=1S/C8H15BO2/c1-6-4-3-5-8(7(6)2)9(10)11/h6,10-11H,3-5H2,1-2H3. The summed E-state index contributed by atoms with van der Waals surface area (Å²) in [6.07, 6.45) is 3.13. The van der Waals surface area contributed by atoms with Gasteiger partial charge in [-0.15, -0.1) is 0 Å². The average molecular weight is 154 g/mol. The molecule has 0 heterocycles. The van der Waals surface area contributed by atoms with Gasteiger partial charge in [0, 0.05) is 0 Å². The number of rotatable bonds is 1. The highest BCUT2D eigenvalue weighted by molar-refractivity contribution is 6.50. The molecule has 2 N–H and O–H groups in total. The third kappa shape index (κ3) is 1.85. The fourth-order valence-corrected chi connectivity index (χ4v) is 1.66. The van der Waals surface area contributed by atoms with E-state index in [0.29, 0.717) is 5.92 Å². The van der Waals surface area contributed by atoms with Gasteiger partial charge in [0.15, 0.2) is 0 Å². The number of allylic oxidation sites excluding steroid dienone is 2. The minimum Gasteiger partial charge on any atom is -0.423 e. The monoisotopic (exact) mass is 154 g/mol. The van der Waals surface area contributed by atoms with Gasteiger partial charge in [-0.05, 0) is 37.6 Å². The Balaban J connectivity index is 2.80. The van der Waals surface area contributed by atoms with Crippen molar-refractivity contribution in [3.05, 3.63) is 11.0 Å². The molecule has 0 aromatic carbocycles. The third-order valence-electron chi connectivity index (χ3n) is 2.64. The van der Waals surface area contributed by atoms with Gasteiger partial charge >= 0.3 is 7.12 Å². The van der Waals surface area contributed by atoms with Crippen molar-refractivity contribution in [2.75, 3.05) is 0 Å². The minimum atomic E-state index is -1.22. The lowest BCUT2D eigenvalue weighted by atomic mass is 9.68. The molecule has 0 aromatic heterocycles. The molecule has 1 rings (SSSR count). The van der Waals surface area contributed by atoms with Crippen molar-refractivity contribution in [1.82, 2.24) is 0 Å². The van der Waals surface area contributed by atoms with E-state index in [1.165, 1.54) is 12.0 Å². The van der Waals surface area contributed by atoms with Crippen LogP contribution >= 0.6 is 0 Å². The van der Waals surface area contributed by atoms with Crippen molar-refractivity contribution in [3.63, 3.8) is 0 Å². The van der Waals surface area contributed by atoms with Crippen LogP contribution < -0.4 is 0 Å². The Hall–Kier alpha value is -0.275.